The summed E-state index contributed by atoms with van der Waals surface area (Å²) in [5.41, 5.74) is 0.963. The van der Waals surface area contributed by atoms with Crippen LogP contribution in [-0.2, 0) is 9.53 Å². The molecule has 1 heterocycles. The summed E-state index contributed by atoms with van der Waals surface area (Å²) in [7, 11) is 1.42. The van der Waals surface area contributed by atoms with Gasteiger partial charge >= 0.3 is 5.97 Å². The van der Waals surface area contributed by atoms with Crippen molar-refractivity contribution in [1.29, 1.82) is 0 Å². The molecule has 110 valence electrons. The highest BCUT2D eigenvalue weighted by atomic mass is 19.1. The average Bonchev–Trinajstić information content (AvgIpc) is 2.99. The Labute approximate surface area is 118 Å². The van der Waals surface area contributed by atoms with Crippen LogP contribution in [0.4, 0.5) is 4.39 Å². The molecule has 0 radical (unpaired) electrons. The van der Waals surface area contributed by atoms with E-state index in [0.29, 0.717) is 12.0 Å². The summed E-state index contributed by atoms with van der Waals surface area (Å²) in [6, 6.07) is 6.74. The topological polar surface area (TPSA) is 55.6 Å². The molecule has 2 N–H and O–H groups in total. The van der Waals surface area contributed by atoms with Gasteiger partial charge in [0.1, 0.15) is 11.9 Å². The normalized spacial score (nSPS) is 27.9. The first-order chi connectivity index (χ1) is 9.52. The number of carbonyl (C=O) groups excluding carboxylic acids is 1. The van der Waals surface area contributed by atoms with Crippen molar-refractivity contribution < 1.29 is 13.9 Å². The van der Waals surface area contributed by atoms with E-state index in [9.17, 15) is 9.18 Å². The summed E-state index contributed by atoms with van der Waals surface area (Å²) in [5, 5.41) is 1.68. The van der Waals surface area contributed by atoms with E-state index in [1.54, 1.807) is 11.1 Å². The van der Waals surface area contributed by atoms with Crippen molar-refractivity contribution in [2.24, 2.45) is 11.8 Å². The number of methoxy groups -OCH3 is 1. The number of esters is 1. The fourth-order valence-corrected chi connectivity index (χ4v) is 3.06. The molecule has 1 aliphatic heterocycles. The molecule has 5 heteroatoms. The van der Waals surface area contributed by atoms with Gasteiger partial charge in [0.2, 0.25) is 0 Å². The number of halogens is 1. The Morgan fingerprint density at radius 1 is 1.45 bits per heavy atom. The highest BCUT2D eigenvalue weighted by Crippen LogP contribution is 2.40. The number of fused-ring (bicyclic) bond motifs is 2. The van der Waals surface area contributed by atoms with Crippen molar-refractivity contribution >= 4 is 5.97 Å². The Bertz CT molecular complexity index is 461. The van der Waals surface area contributed by atoms with Crippen LogP contribution in [-0.4, -0.2) is 30.2 Å². The van der Waals surface area contributed by atoms with E-state index in [-0.39, 0.29) is 17.8 Å². The summed E-state index contributed by atoms with van der Waals surface area (Å²) in [5.74, 6) is 5.87. The van der Waals surface area contributed by atoms with Gasteiger partial charge in [0.15, 0.2) is 0 Å². The van der Waals surface area contributed by atoms with Crippen LogP contribution in [0.5, 0.6) is 0 Å². The molecule has 0 aromatic heterocycles. The highest BCUT2D eigenvalue weighted by molar-refractivity contribution is 5.76. The Morgan fingerprint density at radius 3 is 2.65 bits per heavy atom. The molecule has 0 spiro atoms. The van der Waals surface area contributed by atoms with Crippen molar-refractivity contribution in [3.63, 3.8) is 0 Å². The standard InChI is InChI=1S/C8H14N2O2.C7H7F/c1-12-8(11)7-5-2-3-6(4-5)10(7)9;1-6-3-2-4-7(8)5-6/h5-7H,2-4,9H2,1H3;2-5H,1H3/t5?,6?,7-;/m0./s1. The van der Waals surface area contributed by atoms with Crippen LogP contribution < -0.4 is 5.84 Å². The lowest BCUT2D eigenvalue weighted by atomic mass is 10.00. The van der Waals surface area contributed by atoms with Crippen LogP contribution in [0.3, 0.4) is 0 Å². The summed E-state index contributed by atoms with van der Waals surface area (Å²) in [4.78, 5) is 11.3. The second-order valence-corrected chi connectivity index (χ2v) is 5.44. The van der Waals surface area contributed by atoms with Gasteiger partial charge in [0.05, 0.1) is 7.11 Å². The van der Waals surface area contributed by atoms with Gasteiger partial charge in [-0.3, -0.25) is 10.6 Å². The monoisotopic (exact) mass is 280 g/mol. The number of nitrogens with two attached hydrogens (primary N) is 1. The lowest BCUT2D eigenvalue weighted by Crippen LogP contribution is -2.50. The molecule has 1 saturated heterocycles. The summed E-state index contributed by atoms with van der Waals surface area (Å²) < 4.78 is 16.9. The highest BCUT2D eigenvalue weighted by Gasteiger charge is 2.48. The number of ether oxygens (including phenoxy) is 1. The van der Waals surface area contributed by atoms with Gasteiger partial charge in [-0.2, -0.15) is 0 Å². The predicted octanol–water partition coefficient (Wildman–Crippen LogP) is 2.02. The number of rotatable bonds is 1. The number of hydrazine groups is 1. The van der Waals surface area contributed by atoms with Crippen LogP contribution >= 0.6 is 0 Å². The van der Waals surface area contributed by atoms with E-state index in [0.717, 1.165) is 24.8 Å². The molecular weight excluding hydrogens is 259 g/mol. The molecule has 2 bridgehead atoms. The van der Waals surface area contributed by atoms with Crippen molar-refractivity contribution in [3.8, 4) is 0 Å². The summed E-state index contributed by atoms with van der Waals surface area (Å²) in [6.45, 7) is 1.86. The number of hydrogen-bond acceptors (Lipinski definition) is 4. The van der Waals surface area contributed by atoms with Gasteiger partial charge in [-0.25, -0.2) is 9.40 Å². The molecule has 0 amide bonds. The molecule has 2 fully saturated rings. The lowest BCUT2D eigenvalue weighted by Gasteiger charge is -2.28. The van der Waals surface area contributed by atoms with E-state index in [2.05, 4.69) is 0 Å². The zero-order valence-electron chi connectivity index (χ0n) is 11.9. The first-order valence-corrected chi connectivity index (χ1v) is 6.86. The third-order valence-electron chi connectivity index (χ3n) is 4.06. The van der Waals surface area contributed by atoms with Crippen LogP contribution in [0.25, 0.3) is 0 Å². The molecule has 3 rings (SSSR count). The third kappa shape index (κ3) is 3.16. The predicted molar refractivity (Wildman–Crippen MR) is 74.1 cm³/mol. The molecule has 4 nitrogen and oxygen atoms in total. The second kappa shape index (κ2) is 6.33. The van der Waals surface area contributed by atoms with Gasteiger partial charge in [0, 0.05) is 6.04 Å². The molecule has 1 aromatic carbocycles. The van der Waals surface area contributed by atoms with Crippen molar-refractivity contribution in [2.45, 2.75) is 38.3 Å². The van der Waals surface area contributed by atoms with Crippen LogP contribution in [0.1, 0.15) is 24.8 Å². The largest absolute Gasteiger partial charge is 0.468 e. The third-order valence-corrected chi connectivity index (χ3v) is 4.06. The first-order valence-electron chi connectivity index (χ1n) is 6.86. The number of hydrogen-bond donors (Lipinski definition) is 1. The molecule has 1 aromatic rings. The molecule has 1 aliphatic carbocycles. The maximum atomic E-state index is 12.2. The quantitative estimate of drug-likeness (QED) is 0.631. The van der Waals surface area contributed by atoms with E-state index >= 15 is 0 Å². The van der Waals surface area contributed by atoms with E-state index in [4.69, 9.17) is 10.6 Å². The molecule has 2 aliphatic rings. The fraction of sp³-hybridized carbons (Fsp3) is 0.533. The second-order valence-electron chi connectivity index (χ2n) is 5.44. The molecular formula is C15H21FN2O2. The minimum absolute atomic E-state index is 0.162. The molecule has 3 atom stereocenters. The van der Waals surface area contributed by atoms with Gasteiger partial charge in [-0.05, 0) is 49.8 Å². The smallest absolute Gasteiger partial charge is 0.324 e. The Balaban J connectivity index is 0.000000160. The average molecular weight is 280 g/mol. The summed E-state index contributed by atoms with van der Waals surface area (Å²) in [6.07, 6.45) is 3.32. The maximum absolute atomic E-state index is 12.2. The minimum atomic E-state index is -0.176. The van der Waals surface area contributed by atoms with Crippen LogP contribution in [0, 0.1) is 18.7 Å². The fourth-order valence-electron chi connectivity index (χ4n) is 3.06. The zero-order valence-corrected chi connectivity index (χ0v) is 11.9. The Morgan fingerprint density at radius 2 is 2.20 bits per heavy atom. The van der Waals surface area contributed by atoms with E-state index in [1.807, 2.05) is 13.0 Å². The molecule has 1 saturated carbocycles. The summed E-state index contributed by atoms with van der Waals surface area (Å²) >= 11 is 0. The van der Waals surface area contributed by atoms with E-state index < -0.39 is 0 Å². The van der Waals surface area contributed by atoms with E-state index in [1.165, 1.54) is 19.2 Å². The van der Waals surface area contributed by atoms with Crippen molar-refractivity contribution in [2.75, 3.05) is 7.11 Å². The molecule has 2 unspecified atom stereocenters. The molecule has 20 heavy (non-hydrogen) atoms. The Hall–Kier alpha value is -1.46. The number of aryl methyl sites for hydroxylation is 1. The van der Waals surface area contributed by atoms with Gasteiger partial charge in [-0.15, -0.1) is 0 Å². The van der Waals surface area contributed by atoms with Gasteiger partial charge < -0.3 is 4.74 Å². The SMILES string of the molecule is COC(=O)[C@@H]1C2CCC(C2)N1N.Cc1cccc(F)c1. The van der Waals surface area contributed by atoms with Crippen molar-refractivity contribution in [1.82, 2.24) is 5.01 Å². The van der Waals surface area contributed by atoms with Crippen LogP contribution in [0.2, 0.25) is 0 Å². The number of benzene rings is 1. The first kappa shape index (κ1) is 14.9. The zero-order chi connectivity index (χ0) is 14.7. The number of carbonyl (C=O) groups is 1. The van der Waals surface area contributed by atoms with Crippen molar-refractivity contribution in [3.05, 3.63) is 35.6 Å². The van der Waals surface area contributed by atoms with Gasteiger partial charge in [0.25, 0.3) is 0 Å². The minimum Gasteiger partial charge on any atom is -0.468 e. The van der Waals surface area contributed by atoms with Gasteiger partial charge in [-0.1, -0.05) is 12.1 Å². The lowest BCUT2D eigenvalue weighted by molar-refractivity contribution is -0.148. The number of nitrogens with zero attached hydrogens (tertiary/aromatic N) is 1. The Kier molecular flexibility index (Phi) is 4.73. The maximum Gasteiger partial charge on any atom is 0.324 e. The van der Waals surface area contributed by atoms with Crippen LogP contribution in [0.15, 0.2) is 24.3 Å². The number of piperidine rings is 1.